The summed E-state index contributed by atoms with van der Waals surface area (Å²) in [6.45, 7) is 6.29. The Morgan fingerprint density at radius 1 is 1.21 bits per heavy atom. The van der Waals surface area contributed by atoms with E-state index in [0.717, 1.165) is 17.8 Å². The molecule has 0 saturated heterocycles. The van der Waals surface area contributed by atoms with Crippen molar-refractivity contribution in [2.45, 2.75) is 33.2 Å². The molecule has 19 heavy (non-hydrogen) atoms. The zero-order chi connectivity index (χ0) is 13.8. The lowest BCUT2D eigenvalue weighted by atomic mass is 10.1. The van der Waals surface area contributed by atoms with Crippen molar-refractivity contribution in [2.75, 3.05) is 5.32 Å². The van der Waals surface area contributed by atoms with Crippen LogP contribution in [0, 0.1) is 19.7 Å². The molecular formula is C16H19FN2. The molecule has 1 heterocycles. The van der Waals surface area contributed by atoms with Gasteiger partial charge in [0.2, 0.25) is 0 Å². The van der Waals surface area contributed by atoms with Crippen LogP contribution in [0.3, 0.4) is 0 Å². The van der Waals surface area contributed by atoms with E-state index in [1.807, 2.05) is 6.07 Å². The van der Waals surface area contributed by atoms with Crippen molar-refractivity contribution in [2.24, 2.45) is 0 Å². The molecular weight excluding hydrogens is 239 g/mol. The van der Waals surface area contributed by atoms with Crippen LogP contribution in [0.4, 0.5) is 10.1 Å². The number of halogens is 1. The van der Waals surface area contributed by atoms with Gasteiger partial charge in [-0.25, -0.2) is 4.39 Å². The molecule has 0 fully saturated rings. The SMILES string of the molecule is CCC(Nc1cccc(C)c1C)c1ccc(F)cn1. The molecule has 0 spiro atoms. The molecule has 0 bridgehead atoms. The highest BCUT2D eigenvalue weighted by Gasteiger charge is 2.12. The molecule has 1 aromatic heterocycles. The summed E-state index contributed by atoms with van der Waals surface area (Å²) in [5.41, 5.74) is 4.47. The maximum Gasteiger partial charge on any atom is 0.141 e. The molecule has 0 radical (unpaired) electrons. The zero-order valence-electron chi connectivity index (χ0n) is 11.6. The van der Waals surface area contributed by atoms with Crippen LogP contribution in [0.2, 0.25) is 0 Å². The maximum absolute atomic E-state index is 12.9. The number of aryl methyl sites for hydroxylation is 1. The van der Waals surface area contributed by atoms with Crippen LogP contribution < -0.4 is 5.32 Å². The van der Waals surface area contributed by atoms with Crippen molar-refractivity contribution in [1.29, 1.82) is 0 Å². The summed E-state index contributed by atoms with van der Waals surface area (Å²) >= 11 is 0. The van der Waals surface area contributed by atoms with Gasteiger partial charge >= 0.3 is 0 Å². The predicted molar refractivity (Wildman–Crippen MR) is 76.8 cm³/mol. The molecule has 2 nitrogen and oxygen atoms in total. The van der Waals surface area contributed by atoms with Gasteiger partial charge in [-0.15, -0.1) is 0 Å². The topological polar surface area (TPSA) is 24.9 Å². The van der Waals surface area contributed by atoms with Crippen molar-refractivity contribution in [3.8, 4) is 0 Å². The molecule has 0 amide bonds. The molecule has 0 aliphatic rings. The van der Waals surface area contributed by atoms with Gasteiger partial charge in [0.05, 0.1) is 17.9 Å². The second-order valence-electron chi connectivity index (χ2n) is 4.75. The maximum atomic E-state index is 12.9. The van der Waals surface area contributed by atoms with Crippen LogP contribution in [0.5, 0.6) is 0 Å². The van der Waals surface area contributed by atoms with E-state index in [1.165, 1.54) is 23.4 Å². The Morgan fingerprint density at radius 2 is 2.00 bits per heavy atom. The molecule has 1 atom stereocenters. The summed E-state index contributed by atoms with van der Waals surface area (Å²) in [6.07, 6.45) is 2.16. The number of nitrogens with zero attached hydrogens (tertiary/aromatic N) is 1. The van der Waals surface area contributed by atoms with Gasteiger partial charge in [0, 0.05) is 5.69 Å². The number of aromatic nitrogens is 1. The Kier molecular flexibility index (Phi) is 4.15. The molecule has 100 valence electrons. The fourth-order valence-electron chi connectivity index (χ4n) is 2.07. The van der Waals surface area contributed by atoms with Crippen molar-refractivity contribution < 1.29 is 4.39 Å². The molecule has 0 aliphatic carbocycles. The van der Waals surface area contributed by atoms with E-state index in [-0.39, 0.29) is 11.9 Å². The Balaban J connectivity index is 2.24. The van der Waals surface area contributed by atoms with Gasteiger partial charge in [0.15, 0.2) is 0 Å². The summed E-state index contributed by atoms with van der Waals surface area (Å²) in [5, 5.41) is 3.49. The number of nitrogens with one attached hydrogen (secondary N) is 1. The molecule has 1 N–H and O–H groups in total. The van der Waals surface area contributed by atoms with Crippen LogP contribution in [0.25, 0.3) is 0 Å². The van der Waals surface area contributed by atoms with Crippen molar-refractivity contribution >= 4 is 5.69 Å². The van der Waals surface area contributed by atoms with Crippen LogP contribution in [0.1, 0.15) is 36.2 Å². The van der Waals surface area contributed by atoms with Gasteiger partial charge in [-0.2, -0.15) is 0 Å². The van der Waals surface area contributed by atoms with Gasteiger partial charge in [-0.1, -0.05) is 19.1 Å². The number of benzene rings is 1. The van der Waals surface area contributed by atoms with E-state index in [4.69, 9.17) is 0 Å². The first-order chi connectivity index (χ1) is 9.11. The molecule has 3 heteroatoms. The zero-order valence-corrected chi connectivity index (χ0v) is 11.6. The Morgan fingerprint density at radius 3 is 2.63 bits per heavy atom. The summed E-state index contributed by atoms with van der Waals surface area (Å²) in [4.78, 5) is 4.16. The number of anilines is 1. The Labute approximate surface area is 113 Å². The fourth-order valence-corrected chi connectivity index (χ4v) is 2.07. The van der Waals surface area contributed by atoms with Crippen LogP contribution in [-0.4, -0.2) is 4.98 Å². The number of hydrogen-bond acceptors (Lipinski definition) is 2. The third kappa shape index (κ3) is 3.11. The van der Waals surface area contributed by atoms with E-state index in [2.05, 4.69) is 43.2 Å². The number of hydrogen-bond donors (Lipinski definition) is 1. The lowest BCUT2D eigenvalue weighted by molar-refractivity contribution is 0.614. The minimum Gasteiger partial charge on any atom is -0.376 e. The Hall–Kier alpha value is -1.90. The van der Waals surface area contributed by atoms with Crippen molar-refractivity contribution in [1.82, 2.24) is 4.98 Å². The smallest absolute Gasteiger partial charge is 0.141 e. The third-order valence-corrected chi connectivity index (χ3v) is 3.45. The van der Waals surface area contributed by atoms with E-state index in [9.17, 15) is 4.39 Å². The number of rotatable bonds is 4. The molecule has 0 aliphatic heterocycles. The van der Waals surface area contributed by atoms with Gasteiger partial charge in [0.1, 0.15) is 5.82 Å². The second kappa shape index (κ2) is 5.83. The van der Waals surface area contributed by atoms with Gasteiger partial charge in [-0.3, -0.25) is 4.98 Å². The van der Waals surface area contributed by atoms with E-state index in [0.29, 0.717) is 0 Å². The number of pyridine rings is 1. The normalized spacial score (nSPS) is 12.2. The molecule has 2 rings (SSSR count). The predicted octanol–water partition coefficient (Wildman–Crippen LogP) is 4.40. The van der Waals surface area contributed by atoms with Gasteiger partial charge in [0.25, 0.3) is 0 Å². The van der Waals surface area contributed by atoms with Crippen molar-refractivity contribution in [3.63, 3.8) is 0 Å². The van der Waals surface area contributed by atoms with Crippen molar-refractivity contribution in [3.05, 3.63) is 59.2 Å². The highest BCUT2D eigenvalue weighted by molar-refractivity contribution is 5.54. The first kappa shape index (κ1) is 13.5. The van der Waals surface area contributed by atoms with Crippen LogP contribution >= 0.6 is 0 Å². The van der Waals surface area contributed by atoms with Gasteiger partial charge < -0.3 is 5.32 Å². The summed E-state index contributed by atoms with van der Waals surface area (Å²) in [7, 11) is 0. The Bertz CT molecular complexity index is 549. The fraction of sp³-hybridized carbons (Fsp3) is 0.312. The average Bonchev–Trinajstić information content (AvgIpc) is 2.42. The first-order valence-corrected chi connectivity index (χ1v) is 6.56. The highest BCUT2D eigenvalue weighted by atomic mass is 19.1. The lowest BCUT2D eigenvalue weighted by Crippen LogP contribution is -2.12. The van der Waals surface area contributed by atoms with E-state index in [1.54, 1.807) is 6.07 Å². The monoisotopic (exact) mass is 258 g/mol. The average molecular weight is 258 g/mol. The summed E-state index contributed by atoms with van der Waals surface area (Å²) in [6, 6.07) is 9.49. The minimum atomic E-state index is -0.301. The molecule has 0 saturated carbocycles. The minimum absolute atomic E-state index is 0.0982. The first-order valence-electron chi connectivity index (χ1n) is 6.56. The van der Waals surface area contributed by atoms with Gasteiger partial charge in [-0.05, 0) is 49.6 Å². The van der Waals surface area contributed by atoms with E-state index < -0.39 is 0 Å². The lowest BCUT2D eigenvalue weighted by Gasteiger charge is -2.20. The standard InChI is InChI=1S/C16H19FN2/c1-4-14(16-9-8-13(17)10-18-16)19-15-7-5-6-11(2)12(15)3/h5-10,14,19H,4H2,1-3H3. The van der Waals surface area contributed by atoms with Crippen LogP contribution in [0.15, 0.2) is 36.5 Å². The second-order valence-corrected chi connectivity index (χ2v) is 4.75. The molecule has 1 aromatic carbocycles. The van der Waals surface area contributed by atoms with Crippen LogP contribution in [-0.2, 0) is 0 Å². The molecule has 1 unspecified atom stereocenters. The summed E-state index contributed by atoms with van der Waals surface area (Å²) in [5.74, 6) is -0.301. The quantitative estimate of drug-likeness (QED) is 0.879. The molecule has 2 aromatic rings. The summed E-state index contributed by atoms with van der Waals surface area (Å²) < 4.78 is 12.9. The highest BCUT2D eigenvalue weighted by Crippen LogP contribution is 2.25. The largest absolute Gasteiger partial charge is 0.376 e. The third-order valence-electron chi connectivity index (χ3n) is 3.45. The van der Waals surface area contributed by atoms with E-state index >= 15 is 0 Å².